The summed E-state index contributed by atoms with van der Waals surface area (Å²) < 4.78 is 71.4. The lowest BCUT2D eigenvalue weighted by atomic mass is 10.0. The zero-order valence-corrected chi connectivity index (χ0v) is 19.0. The van der Waals surface area contributed by atoms with Crippen molar-refractivity contribution in [2.75, 3.05) is 5.32 Å². The van der Waals surface area contributed by atoms with Gasteiger partial charge in [-0.1, -0.05) is 0 Å². The van der Waals surface area contributed by atoms with Gasteiger partial charge in [0.25, 0.3) is 10.1 Å². The van der Waals surface area contributed by atoms with Crippen molar-refractivity contribution in [3.8, 4) is 0 Å². The SMILES string of the molecule is Cl.N[C@@H](CC(=O)N1N=CCC1C(=O)Nc1ccc(S(=O)(=O)O)cc1)Cc1cc(F)c(F)cc1F. The Morgan fingerprint density at radius 3 is 2.38 bits per heavy atom. The number of nitrogens with one attached hydrogen (secondary N) is 1. The summed E-state index contributed by atoms with van der Waals surface area (Å²) in [4.78, 5) is 24.8. The molecule has 2 atom stereocenters. The van der Waals surface area contributed by atoms with Crippen molar-refractivity contribution in [1.82, 2.24) is 5.01 Å². The molecule has 2 aromatic carbocycles. The van der Waals surface area contributed by atoms with Crippen LogP contribution in [0.2, 0.25) is 0 Å². The van der Waals surface area contributed by atoms with E-state index < -0.39 is 51.5 Å². The monoisotopic (exact) mass is 520 g/mol. The number of nitrogens with zero attached hydrogens (tertiary/aromatic N) is 2. The van der Waals surface area contributed by atoms with Gasteiger partial charge in [-0.3, -0.25) is 14.1 Å². The van der Waals surface area contributed by atoms with Gasteiger partial charge in [0, 0.05) is 36.9 Å². The Morgan fingerprint density at radius 1 is 1.15 bits per heavy atom. The Hall–Kier alpha value is -3.00. The predicted octanol–water partition coefficient (Wildman–Crippen LogP) is 2.26. The highest BCUT2D eigenvalue weighted by Crippen LogP contribution is 2.20. The molecule has 1 heterocycles. The first kappa shape index (κ1) is 27.2. The Bertz CT molecular complexity index is 1210. The fourth-order valence-electron chi connectivity index (χ4n) is 3.20. The van der Waals surface area contributed by atoms with E-state index in [0.717, 1.165) is 17.1 Å². The molecule has 184 valence electrons. The van der Waals surface area contributed by atoms with Crippen LogP contribution < -0.4 is 11.1 Å². The van der Waals surface area contributed by atoms with Crippen molar-refractivity contribution in [3.63, 3.8) is 0 Å². The third kappa shape index (κ3) is 6.53. The van der Waals surface area contributed by atoms with Crippen LogP contribution in [0.15, 0.2) is 46.4 Å². The number of hydrazone groups is 1. The van der Waals surface area contributed by atoms with Gasteiger partial charge in [-0.2, -0.15) is 13.5 Å². The molecular formula is C20H20ClF3N4O5S. The van der Waals surface area contributed by atoms with Crippen LogP contribution in [0.3, 0.4) is 0 Å². The van der Waals surface area contributed by atoms with Gasteiger partial charge in [0.2, 0.25) is 11.8 Å². The molecule has 0 aromatic heterocycles. The molecule has 14 heteroatoms. The van der Waals surface area contributed by atoms with Crippen LogP contribution in [0.1, 0.15) is 18.4 Å². The average Bonchev–Trinajstić information content (AvgIpc) is 3.22. The van der Waals surface area contributed by atoms with E-state index in [4.69, 9.17) is 10.3 Å². The van der Waals surface area contributed by atoms with Gasteiger partial charge in [0.05, 0.1) is 4.90 Å². The van der Waals surface area contributed by atoms with E-state index in [9.17, 15) is 31.2 Å². The van der Waals surface area contributed by atoms with Gasteiger partial charge < -0.3 is 11.1 Å². The first-order chi connectivity index (χ1) is 15.5. The molecule has 0 saturated carbocycles. The predicted molar refractivity (Wildman–Crippen MR) is 118 cm³/mol. The Labute approximate surface area is 199 Å². The molecule has 1 aliphatic heterocycles. The third-order valence-electron chi connectivity index (χ3n) is 4.82. The van der Waals surface area contributed by atoms with Crippen molar-refractivity contribution in [2.45, 2.75) is 36.2 Å². The smallest absolute Gasteiger partial charge is 0.294 e. The largest absolute Gasteiger partial charge is 0.327 e. The van der Waals surface area contributed by atoms with Gasteiger partial charge in [0.15, 0.2) is 11.6 Å². The molecule has 0 fully saturated rings. The van der Waals surface area contributed by atoms with E-state index in [0.29, 0.717) is 12.1 Å². The van der Waals surface area contributed by atoms with Crippen LogP contribution in [-0.2, 0) is 26.1 Å². The number of hydrogen-bond donors (Lipinski definition) is 3. The molecule has 0 bridgehead atoms. The molecule has 0 aliphatic carbocycles. The van der Waals surface area contributed by atoms with Crippen molar-refractivity contribution >= 4 is 46.2 Å². The van der Waals surface area contributed by atoms with Gasteiger partial charge in [-0.15, -0.1) is 12.4 Å². The Kier molecular flexibility index (Phi) is 8.78. The number of halogens is 4. The highest BCUT2D eigenvalue weighted by atomic mass is 35.5. The van der Waals surface area contributed by atoms with E-state index in [1.54, 1.807) is 0 Å². The molecule has 0 radical (unpaired) electrons. The van der Waals surface area contributed by atoms with E-state index >= 15 is 0 Å². The lowest BCUT2D eigenvalue weighted by Crippen LogP contribution is -2.43. The highest BCUT2D eigenvalue weighted by molar-refractivity contribution is 7.85. The van der Waals surface area contributed by atoms with Crippen molar-refractivity contribution in [3.05, 3.63) is 59.4 Å². The van der Waals surface area contributed by atoms with E-state index in [-0.39, 0.29) is 47.8 Å². The van der Waals surface area contributed by atoms with Crippen LogP contribution in [-0.4, -0.2) is 48.1 Å². The van der Waals surface area contributed by atoms with Crippen molar-refractivity contribution < 1.29 is 35.7 Å². The third-order valence-corrected chi connectivity index (χ3v) is 5.68. The number of carbonyl (C=O) groups excluding carboxylic acids is 2. The number of nitrogens with two attached hydrogens (primary N) is 1. The Balaban J connectivity index is 0.00000408. The summed E-state index contributed by atoms with van der Waals surface area (Å²) in [5.74, 6) is -4.82. The number of anilines is 1. The summed E-state index contributed by atoms with van der Waals surface area (Å²) >= 11 is 0. The van der Waals surface area contributed by atoms with E-state index in [1.807, 2.05) is 0 Å². The summed E-state index contributed by atoms with van der Waals surface area (Å²) in [6.07, 6.45) is 0.865. The van der Waals surface area contributed by atoms with Crippen LogP contribution >= 0.6 is 12.4 Å². The van der Waals surface area contributed by atoms with Crippen LogP contribution in [0.4, 0.5) is 18.9 Å². The topological polar surface area (TPSA) is 142 Å². The fraction of sp³-hybridized carbons (Fsp3) is 0.250. The molecule has 2 amide bonds. The van der Waals surface area contributed by atoms with Crippen molar-refractivity contribution in [1.29, 1.82) is 0 Å². The number of carbonyl (C=O) groups is 2. The fourth-order valence-corrected chi connectivity index (χ4v) is 3.68. The van der Waals surface area contributed by atoms with Gasteiger partial charge in [-0.25, -0.2) is 18.2 Å². The molecule has 4 N–H and O–H groups in total. The minimum Gasteiger partial charge on any atom is -0.327 e. The minimum absolute atomic E-state index is 0. The lowest BCUT2D eigenvalue weighted by molar-refractivity contribution is -0.137. The second-order valence-electron chi connectivity index (χ2n) is 7.30. The summed E-state index contributed by atoms with van der Waals surface area (Å²) in [5.41, 5.74) is 5.90. The maximum absolute atomic E-state index is 13.8. The summed E-state index contributed by atoms with van der Waals surface area (Å²) in [5, 5.41) is 7.31. The van der Waals surface area contributed by atoms with Gasteiger partial charge in [0.1, 0.15) is 11.9 Å². The number of amides is 2. The van der Waals surface area contributed by atoms with Gasteiger partial charge in [-0.05, 0) is 42.3 Å². The molecule has 1 unspecified atom stereocenters. The molecule has 1 aliphatic rings. The zero-order chi connectivity index (χ0) is 24.3. The molecule has 0 saturated heterocycles. The molecular weight excluding hydrogens is 501 g/mol. The Morgan fingerprint density at radius 2 is 1.76 bits per heavy atom. The quantitative estimate of drug-likeness (QED) is 0.377. The second-order valence-corrected chi connectivity index (χ2v) is 8.72. The minimum atomic E-state index is -4.39. The summed E-state index contributed by atoms with van der Waals surface area (Å²) in [6, 6.07) is 3.81. The zero-order valence-electron chi connectivity index (χ0n) is 17.3. The van der Waals surface area contributed by atoms with Gasteiger partial charge >= 0.3 is 0 Å². The van der Waals surface area contributed by atoms with Crippen LogP contribution in [0.5, 0.6) is 0 Å². The first-order valence-electron chi connectivity index (χ1n) is 9.57. The number of hydrogen-bond acceptors (Lipinski definition) is 6. The number of rotatable bonds is 7. The van der Waals surface area contributed by atoms with Crippen LogP contribution in [0.25, 0.3) is 0 Å². The number of benzene rings is 2. The lowest BCUT2D eigenvalue weighted by Gasteiger charge is -2.23. The molecule has 0 spiro atoms. The summed E-state index contributed by atoms with van der Waals surface area (Å²) in [6.45, 7) is 0. The van der Waals surface area contributed by atoms with Crippen molar-refractivity contribution in [2.24, 2.45) is 10.8 Å². The van der Waals surface area contributed by atoms with E-state index in [2.05, 4.69) is 10.4 Å². The highest BCUT2D eigenvalue weighted by Gasteiger charge is 2.33. The first-order valence-corrected chi connectivity index (χ1v) is 11.0. The molecule has 2 aromatic rings. The average molecular weight is 521 g/mol. The summed E-state index contributed by atoms with van der Waals surface area (Å²) in [7, 11) is -4.39. The van der Waals surface area contributed by atoms with E-state index in [1.165, 1.54) is 18.3 Å². The standard InChI is InChI=1S/C20H19F3N4O5S.ClH/c21-15-10-17(23)16(22)8-11(15)7-12(24)9-19(28)27-18(5-6-25-27)20(29)26-13-1-3-14(4-2-13)33(30,31)32;/h1-4,6,8,10,12,18H,5,7,9,24H2,(H,26,29)(H,30,31,32);1H/t12-,18?;/m1./s1. The molecule has 9 nitrogen and oxygen atoms in total. The molecule has 34 heavy (non-hydrogen) atoms. The second kappa shape index (κ2) is 11.0. The maximum atomic E-state index is 13.8. The molecule has 3 rings (SSSR count). The maximum Gasteiger partial charge on any atom is 0.294 e. The van der Waals surface area contributed by atoms with Crippen LogP contribution in [0, 0.1) is 17.5 Å². The normalized spacial score (nSPS) is 16.1.